The summed E-state index contributed by atoms with van der Waals surface area (Å²) in [5.41, 5.74) is 5.98. The van der Waals surface area contributed by atoms with Crippen LogP contribution in [0.25, 0.3) is 0 Å². The van der Waals surface area contributed by atoms with Gasteiger partial charge < -0.3 is 0 Å². The van der Waals surface area contributed by atoms with Crippen molar-refractivity contribution in [2.75, 3.05) is 13.1 Å². The minimum Gasteiger partial charge on any atom is -0.258 e. The fourth-order valence-corrected chi connectivity index (χ4v) is 0.358. The third kappa shape index (κ3) is 5.66. The van der Waals surface area contributed by atoms with Crippen LogP contribution in [0.1, 0.15) is 13.3 Å². The molecule has 0 fully saturated rings. The van der Waals surface area contributed by atoms with Gasteiger partial charge in [0.15, 0.2) is 0 Å². The zero-order valence-corrected chi connectivity index (χ0v) is 5.41. The van der Waals surface area contributed by atoms with Crippen LogP contribution in [0, 0.1) is 0 Å². The van der Waals surface area contributed by atoms with E-state index in [-0.39, 0.29) is 0 Å². The first-order valence-electron chi connectivity index (χ1n) is 2.98. The molecule has 48 valence electrons. The highest BCUT2D eigenvalue weighted by molar-refractivity contribution is 4.67. The molecule has 0 radical (unpaired) electrons. The molecule has 0 bridgehead atoms. The van der Waals surface area contributed by atoms with Gasteiger partial charge >= 0.3 is 0 Å². The Bertz CT molecular complexity index is 52.5. The van der Waals surface area contributed by atoms with Crippen LogP contribution >= 0.6 is 0 Å². The van der Waals surface area contributed by atoms with E-state index in [1.807, 2.05) is 6.08 Å². The van der Waals surface area contributed by atoms with Gasteiger partial charge in [-0.05, 0) is 6.42 Å². The molecule has 0 amide bonds. The summed E-state index contributed by atoms with van der Waals surface area (Å²) >= 11 is 0. The van der Waals surface area contributed by atoms with E-state index in [1.165, 1.54) is 0 Å². The number of hydrogen-bond donors (Lipinski definition) is 2. The molecule has 0 aliphatic rings. The lowest BCUT2D eigenvalue weighted by Crippen LogP contribution is -2.32. The van der Waals surface area contributed by atoms with E-state index >= 15 is 0 Å². The van der Waals surface area contributed by atoms with Crippen LogP contribution in [0.15, 0.2) is 12.7 Å². The highest BCUT2D eigenvalue weighted by Gasteiger charge is 1.75. The summed E-state index contributed by atoms with van der Waals surface area (Å²) in [5.74, 6) is 0. The number of nitrogens with one attached hydrogen (secondary N) is 2. The van der Waals surface area contributed by atoms with E-state index in [0.717, 1.165) is 19.5 Å². The summed E-state index contributed by atoms with van der Waals surface area (Å²) in [5, 5.41) is 0. The molecule has 0 atom stereocenters. The predicted molar refractivity (Wildman–Crippen MR) is 36.5 cm³/mol. The molecule has 0 heterocycles. The van der Waals surface area contributed by atoms with E-state index in [2.05, 4.69) is 24.4 Å². The van der Waals surface area contributed by atoms with Gasteiger partial charge in [-0.3, -0.25) is 10.9 Å². The van der Waals surface area contributed by atoms with Gasteiger partial charge in [0.2, 0.25) is 0 Å². The van der Waals surface area contributed by atoms with Crippen LogP contribution in [-0.4, -0.2) is 13.1 Å². The number of hydrazine groups is 1. The SMILES string of the molecule is C=CCNNCCC. The molecule has 0 aliphatic heterocycles. The molecule has 0 spiro atoms. The number of rotatable bonds is 5. The van der Waals surface area contributed by atoms with Crippen molar-refractivity contribution in [1.29, 1.82) is 0 Å². The van der Waals surface area contributed by atoms with Gasteiger partial charge in [0.1, 0.15) is 0 Å². The molecule has 2 N–H and O–H groups in total. The third-order valence-electron chi connectivity index (χ3n) is 0.746. The summed E-state index contributed by atoms with van der Waals surface area (Å²) in [6.45, 7) is 7.54. The molecule has 0 aliphatic carbocycles. The van der Waals surface area contributed by atoms with Crippen LogP contribution in [0.2, 0.25) is 0 Å². The van der Waals surface area contributed by atoms with E-state index in [4.69, 9.17) is 0 Å². The lowest BCUT2D eigenvalue weighted by Gasteiger charge is -1.99. The normalized spacial score (nSPS) is 9.12. The topological polar surface area (TPSA) is 24.1 Å². The second-order valence-corrected chi connectivity index (χ2v) is 1.60. The first-order valence-corrected chi connectivity index (χ1v) is 2.98. The van der Waals surface area contributed by atoms with Crippen molar-refractivity contribution in [2.45, 2.75) is 13.3 Å². The highest BCUT2D eigenvalue weighted by Crippen LogP contribution is 1.64. The van der Waals surface area contributed by atoms with E-state index in [9.17, 15) is 0 Å². The van der Waals surface area contributed by atoms with Crippen molar-refractivity contribution in [2.24, 2.45) is 0 Å². The number of hydrogen-bond acceptors (Lipinski definition) is 2. The largest absolute Gasteiger partial charge is 0.258 e. The molecular formula is C6H14N2. The van der Waals surface area contributed by atoms with Crippen molar-refractivity contribution in [3.05, 3.63) is 12.7 Å². The first kappa shape index (κ1) is 7.66. The van der Waals surface area contributed by atoms with Gasteiger partial charge in [-0.1, -0.05) is 13.0 Å². The van der Waals surface area contributed by atoms with E-state index in [0.29, 0.717) is 0 Å². The summed E-state index contributed by atoms with van der Waals surface area (Å²) < 4.78 is 0. The Hall–Kier alpha value is -0.340. The minimum atomic E-state index is 0.833. The van der Waals surface area contributed by atoms with E-state index < -0.39 is 0 Å². The van der Waals surface area contributed by atoms with Crippen LogP contribution in [0.4, 0.5) is 0 Å². The second kappa shape index (κ2) is 6.66. The van der Waals surface area contributed by atoms with Gasteiger partial charge in [0.05, 0.1) is 0 Å². The molecule has 0 saturated heterocycles. The van der Waals surface area contributed by atoms with Gasteiger partial charge in [-0.25, -0.2) is 0 Å². The standard InChI is InChI=1S/C6H14N2/c1-3-5-7-8-6-4-2/h3,7-8H,1,4-6H2,2H3. The zero-order valence-electron chi connectivity index (χ0n) is 5.41. The van der Waals surface area contributed by atoms with Crippen LogP contribution < -0.4 is 10.9 Å². The van der Waals surface area contributed by atoms with Gasteiger partial charge in [0, 0.05) is 13.1 Å². The Morgan fingerprint density at radius 3 is 2.75 bits per heavy atom. The maximum Gasteiger partial charge on any atom is 0.0278 e. The molecule has 0 aromatic heterocycles. The Morgan fingerprint density at radius 2 is 2.25 bits per heavy atom. The maximum absolute atomic E-state index is 3.56. The highest BCUT2D eigenvalue weighted by atomic mass is 15.3. The average Bonchev–Trinajstić information content (AvgIpc) is 1.81. The van der Waals surface area contributed by atoms with Gasteiger partial charge in [0.25, 0.3) is 0 Å². The fraction of sp³-hybridized carbons (Fsp3) is 0.667. The third-order valence-corrected chi connectivity index (χ3v) is 0.746. The molecule has 0 unspecified atom stereocenters. The van der Waals surface area contributed by atoms with Crippen molar-refractivity contribution < 1.29 is 0 Å². The molecule has 0 saturated carbocycles. The lowest BCUT2D eigenvalue weighted by atomic mass is 10.5. The average molecular weight is 114 g/mol. The van der Waals surface area contributed by atoms with Crippen molar-refractivity contribution in [3.63, 3.8) is 0 Å². The lowest BCUT2D eigenvalue weighted by molar-refractivity contribution is 0.563. The molecule has 0 rings (SSSR count). The van der Waals surface area contributed by atoms with E-state index in [1.54, 1.807) is 0 Å². The maximum atomic E-state index is 3.56. The monoisotopic (exact) mass is 114 g/mol. The van der Waals surface area contributed by atoms with Crippen molar-refractivity contribution in [1.82, 2.24) is 10.9 Å². The van der Waals surface area contributed by atoms with Crippen molar-refractivity contribution >= 4 is 0 Å². The Balaban J connectivity index is 2.62. The summed E-state index contributed by atoms with van der Waals surface area (Å²) in [6.07, 6.45) is 2.98. The molecule has 0 aromatic rings. The van der Waals surface area contributed by atoms with Crippen molar-refractivity contribution in [3.8, 4) is 0 Å². The Labute approximate surface area is 50.9 Å². The molecule has 2 heteroatoms. The molecular weight excluding hydrogens is 100 g/mol. The van der Waals surface area contributed by atoms with Gasteiger partial charge in [-0.2, -0.15) is 0 Å². The minimum absolute atomic E-state index is 0.833. The van der Waals surface area contributed by atoms with Gasteiger partial charge in [-0.15, -0.1) is 6.58 Å². The van der Waals surface area contributed by atoms with Crippen LogP contribution in [-0.2, 0) is 0 Å². The second-order valence-electron chi connectivity index (χ2n) is 1.60. The van der Waals surface area contributed by atoms with Crippen LogP contribution in [0.5, 0.6) is 0 Å². The Morgan fingerprint density at radius 1 is 1.50 bits per heavy atom. The molecule has 8 heavy (non-hydrogen) atoms. The predicted octanol–water partition coefficient (Wildman–Crippen LogP) is 0.677. The summed E-state index contributed by atoms with van der Waals surface area (Å²) in [4.78, 5) is 0. The Kier molecular flexibility index (Phi) is 6.38. The van der Waals surface area contributed by atoms with Crippen LogP contribution in [0.3, 0.4) is 0 Å². The quantitative estimate of drug-likeness (QED) is 0.312. The summed E-state index contributed by atoms with van der Waals surface area (Å²) in [7, 11) is 0. The first-order chi connectivity index (χ1) is 3.91. The fourth-order valence-electron chi connectivity index (χ4n) is 0.358. The zero-order chi connectivity index (χ0) is 6.24. The summed E-state index contributed by atoms with van der Waals surface area (Å²) in [6, 6.07) is 0. The molecule has 0 aromatic carbocycles. The molecule has 2 nitrogen and oxygen atoms in total. The smallest absolute Gasteiger partial charge is 0.0278 e.